The number of pyridine rings is 1. The number of aromatic nitrogens is 1. The van der Waals surface area contributed by atoms with Gasteiger partial charge in [-0.25, -0.2) is 4.98 Å². The van der Waals surface area contributed by atoms with Gasteiger partial charge in [-0.1, -0.05) is 13.0 Å². The monoisotopic (exact) mass is 271 g/mol. The zero-order valence-electron chi connectivity index (χ0n) is 12.5. The molecule has 0 spiro atoms. The number of hydrogen-bond acceptors (Lipinski definition) is 3. The standard InChI is InChI=1S/C17H21NO2/c1-5-15-8-14(10-19)9-17(18-15)20-16-7-11(2)6-12(3)13(16)4/h6-9,19H,5,10H2,1-4H3. The first-order valence-corrected chi connectivity index (χ1v) is 6.90. The van der Waals surface area contributed by atoms with Crippen molar-refractivity contribution in [3.8, 4) is 11.6 Å². The van der Waals surface area contributed by atoms with Gasteiger partial charge in [0.15, 0.2) is 0 Å². The van der Waals surface area contributed by atoms with Crippen molar-refractivity contribution in [1.29, 1.82) is 0 Å². The van der Waals surface area contributed by atoms with E-state index in [2.05, 4.69) is 18.0 Å². The van der Waals surface area contributed by atoms with E-state index in [0.717, 1.165) is 34.6 Å². The van der Waals surface area contributed by atoms with Crippen LogP contribution in [0.2, 0.25) is 0 Å². The Morgan fingerprint density at radius 1 is 1.10 bits per heavy atom. The third-order valence-corrected chi connectivity index (χ3v) is 3.44. The third kappa shape index (κ3) is 3.17. The molecule has 1 aromatic heterocycles. The van der Waals surface area contributed by atoms with E-state index in [4.69, 9.17) is 4.74 Å². The first-order valence-electron chi connectivity index (χ1n) is 6.90. The van der Waals surface area contributed by atoms with Crippen LogP contribution in [0.3, 0.4) is 0 Å². The van der Waals surface area contributed by atoms with Gasteiger partial charge >= 0.3 is 0 Å². The lowest BCUT2D eigenvalue weighted by molar-refractivity contribution is 0.281. The summed E-state index contributed by atoms with van der Waals surface area (Å²) >= 11 is 0. The molecule has 0 amide bonds. The maximum Gasteiger partial charge on any atom is 0.219 e. The molecule has 20 heavy (non-hydrogen) atoms. The van der Waals surface area contributed by atoms with Crippen molar-refractivity contribution in [2.45, 2.75) is 40.7 Å². The summed E-state index contributed by atoms with van der Waals surface area (Å²) in [5, 5.41) is 9.31. The highest BCUT2D eigenvalue weighted by Gasteiger charge is 2.08. The van der Waals surface area contributed by atoms with Gasteiger partial charge in [-0.2, -0.15) is 0 Å². The summed E-state index contributed by atoms with van der Waals surface area (Å²) in [5.74, 6) is 1.37. The minimum Gasteiger partial charge on any atom is -0.439 e. The van der Waals surface area contributed by atoms with E-state index < -0.39 is 0 Å². The van der Waals surface area contributed by atoms with E-state index in [1.54, 1.807) is 6.07 Å². The highest BCUT2D eigenvalue weighted by Crippen LogP contribution is 2.28. The van der Waals surface area contributed by atoms with Crippen molar-refractivity contribution in [2.24, 2.45) is 0 Å². The second kappa shape index (κ2) is 6.06. The summed E-state index contributed by atoms with van der Waals surface area (Å²) in [7, 11) is 0. The van der Waals surface area contributed by atoms with Gasteiger partial charge in [-0.15, -0.1) is 0 Å². The van der Waals surface area contributed by atoms with Crippen molar-refractivity contribution in [2.75, 3.05) is 0 Å². The molecule has 1 aromatic carbocycles. The fourth-order valence-corrected chi connectivity index (χ4v) is 2.16. The number of aliphatic hydroxyl groups excluding tert-OH is 1. The Hall–Kier alpha value is -1.87. The number of rotatable bonds is 4. The van der Waals surface area contributed by atoms with E-state index >= 15 is 0 Å². The molecule has 2 rings (SSSR count). The smallest absolute Gasteiger partial charge is 0.219 e. The summed E-state index contributed by atoms with van der Waals surface area (Å²) in [5.41, 5.74) is 5.23. The topological polar surface area (TPSA) is 42.4 Å². The van der Waals surface area contributed by atoms with Crippen LogP contribution in [-0.4, -0.2) is 10.1 Å². The molecule has 0 atom stereocenters. The van der Waals surface area contributed by atoms with Crippen LogP contribution >= 0.6 is 0 Å². The summed E-state index contributed by atoms with van der Waals surface area (Å²) < 4.78 is 5.93. The molecule has 2 aromatic rings. The van der Waals surface area contributed by atoms with E-state index in [9.17, 15) is 5.11 Å². The average molecular weight is 271 g/mol. The van der Waals surface area contributed by atoms with Crippen LogP contribution in [0.5, 0.6) is 11.6 Å². The highest BCUT2D eigenvalue weighted by molar-refractivity contribution is 5.44. The molecule has 0 saturated carbocycles. The Bertz CT molecular complexity index is 598. The molecule has 0 aliphatic rings. The Labute approximate surface area is 120 Å². The molecule has 106 valence electrons. The normalized spacial score (nSPS) is 10.7. The molecular weight excluding hydrogens is 250 g/mol. The van der Waals surface area contributed by atoms with Crippen LogP contribution in [0.25, 0.3) is 0 Å². The quantitative estimate of drug-likeness (QED) is 0.918. The van der Waals surface area contributed by atoms with E-state index in [-0.39, 0.29) is 6.61 Å². The van der Waals surface area contributed by atoms with Crippen molar-refractivity contribution in [3.63, 3.8) is 0 Å². The van der Waals surface area contributed by atoms with Crippen LogP contribution in [0.4, 0.5) is 0 Å². The van der Waals surface area contributed by atoms with Crippen LogP contribution in [0.15, 0.2) is 24.3 Å². The number of benzene rings is 1. The Morgan fingerprint density at radius 3 is 2.50 bits per heavy atom. The van der Waals surface area contributed by atoms with Crippen LogP contribution in [0, 0.1) is 20.8 Å². The van der Waals surface area contributed by atoms with Gasteiger partial charge in [-0.05, 0) is 61.6 Å². The lowest BCUT2D eigenvalue weighted by atomic mass is 10.1. The molecule has 0 aliphatic heterocycles. The van der Waals surface area contributed by atoms with Gasteiger partial charge in [0.2, 0.25) is 5.88 Å². The lowest BCUT2D eigenvalue weighted by Gasteiger charge is -2.13. The second-order valence-electron chi connectivity index (χ2n) is 5.12. The molecule has 0 aliphatic carbocycles. The molecule has 0 unspecified atom stereocenters. The number of aryl methyl sites for hydroxylation is 3. The fraction of sp³-hybridized carbons (Fsp3) is 0.353. The Kier molecular flexibility index (Phi) is 4.40. The van der Waals surface area contributed by atoms with E-state index in [1.165, 1.54) is 5.56 Å². The Balaban J connectivity index is 2.39. The average Bonchev–Trinajstić information content (AvgIpc) is 2.43. The Morgan fingerprint density at radius 2 is 1.85 bits per heavy atom. The molecule has 1 N–H and O–H groups in total. The summed E-state index contributed by atoms with van der Waals surface area (Å²) in [6.45, 7) is 8.20. The first kappa shape index (κ1) is 14.5. The molecule has 0 radical (unpaired) electrons. The van der Waals surface area contributed by atoms with Crippen LogP contribution < -0.4 is 4.74 Å². The summed E-state index contributed by atoms with van der Waals surface area (Å²) in [4.78, 5) is 4.46. The largest absolute Gasteiger partial charge is 0.439 e. The lowest BCUT2D eigenvalue weighted by Crippen LogP contribution is -1.98. The maximum atomic E-state index is 9.31. The highest BCUT2D eigenvalue weighted by atomic mass is 16.5. The molecule has 0 fully saturated rings. The van der Waals surface area contributed by atoms with Crippen LogP contribution in [0.1, 0.15) is 34.9 Å². The minimum atomic E-state index is -0.00227. The molecule has 3 nitrogen and oxygen atoms in total. The zero-order chi connectivity index (χ0) is 14.7. The molecule has 0 bridgehead atoms. The van der Waals surface area contributed by atoms with E-state index in [0.29, 0.717) is 5.88 Å². The maximum absolute atomic E-state index is 9.31. The van der Waals surface area contributed by atoms with Crippen molar-refractivity contribution in [1.82, 2.24) is 4.98 Å². The van der Waals surface area contributed by atoms with Crippen molar-refractivity contribution < 1.29 is 9.84 Å². The third-order valence-electron chi connectivity index (χ3n) is 3.44. The number of ether oxygens (including phenoxy) is 1. The number of aliphatic hydroxyl groups is 1. The van der Waals surface area contributed by atoms with Gasteiger partial charge in [0.25, 0.3) is 0 Å². The van der Waals surface area contributed by atoms with Crippen molar-refractivity contribution >= 4 is 0 Å². The number of nitrogens with zero attached hydrogens (tertiary/aromatic N) is 1. The fourth-order valence-electron chi connectivity index (χ4n) is 2.16. The van der Waals surface area contributed by atoms with Crippen molar-refractivity contribution in [3.05, 3.63) is 52.2 Å². The second-order valence-corrected chi connectivity index (χ2v) is 5.12. The molecule has 3 heteroatoms. The number of hydrogen-bond donors (Lipinski definition) is 1. The van der Waals surface area contributed by atoms with E-state index in [1.807, 2.05) is 32.9 Å². The molecule has 0 saturated heterocycles. The predicted molar refractivity (Wildman–Crippen MR) is 80.3 cm³/mol. The zero-order valence-corrected chi connectivity index (χ0v) is 12.5. The predicted octanol–water partition coefficient (Wildman–Crippen LogP) is 3.85. The minimum absolute atomic E-state index is 0.00227. The first-order chi connectivity index (χ1) is 9.53. The van der Waals surface area contributed by atoms with Gasteiger partial charge in [-0.3, -0.25) is 0 Å². The summed E-state index contributed by atoms with van der Waals surface area (Å²) in [6, 6.07) is 7.84. The van der Waals surface area contributed by atoms with Gasteiger partial charge in [0.1, 0.15) is 5.75 Å². The van der Waals surface area contributed by atoms with Crippen LogP contribution in [-0.2, 0) is 13.0 Å². The molecule has 1 heterocycles. The van der Waals surface area contributed by atoms with Gasteiger partial charge in [0, 0.05) is 11.8 Å². The molecular formula is C17H21NO2. The van der Waals surface area contributed by atoms with Gasteiger partial charge < -0.3 is 9.84 Å². The SMILES string of the molecule is CCc1cc(CO)cc(Oc2cc(C)cc(C)c2C)n1. The summed E-state index contributed by atoms with van der Waals surface area (Å²) in [6.07, 6.45) is 0.816. The van der Waals surface area contributed by atoms with Gasteiger partial charge in [0.05, 0.1) is 6.61 Å².